The first-order valence-electron chi connectivity index (χ1n) is 8.79. The van der Waals surface area contributed by atoms with Crippen molar-refractivity contribution in [2.45, 2.75) is 13.3 Å². The van der Waals surface area contributed by atoms with E-state index in [1.165, 1.54) is 30.3 Å². The lowest BCUT2D eigenvalue weighted by Gasteiger charge is -2.12. The predicted octanol–water partition coefficient (Wildman–Crippen LogP) is 3.08. The zero-order valence-electron chi connectivity index (χ0n) is 15.6. The van der Waals surface area contributed by atoms with E-state index in [1.54, 1.807) is 25.1 Å². The Labute approximate surface area is 180 Å². The zero-order valence-corrected chi connectivity index (χ0v) is 17.2. The van der Waals surface area contributed by atoms with Crippen molar-refractivity contribution in [1.82, 2.24) is 15.0 Å². The number of H-pyrrole nitrogens is 1. The molecule has 0 aliphatic rings. The Kier molecular flexibility index (Phi) is 6.39. The second-order valence-corrected chi connectivity index (χ2v) is 6.95. The van der Waals surface area contributed by atoms with Gasteiger partial charge in [0.25, 0.3) is 11.5 Å². The first-order chi connectivity index (χ1) is 14.3. The SMILES string of the molecule is CC/C(=N/NC(=O)c1ccccc1Cl)c1c(O)n(-c2ccc(Cl)cc2)c(=O)[nH]c1=O. The Bertz CT molecular complexity index is 1250. The molecule has 0 unspecified atom stereocenters. The minimum absolute atomic E-state index is 0.0665. The number of carbonyl (C=O) groups excluding carboxylic acids is 1. The van der Waals surface area contributed by atoms with Crippen LogP contribution in [0.15, 0.2) is 63.2 Å². The second kappa shape index (κ2) is 8.98. The van der Waals surface area contributed by atoms with Crippen LogP contribution in [0.1, 0.15) is 29.3 Å². The number of rotatable bonds is 5. The molecule has 0 fully saturated rings. The van der Waals surface area contributed by atoms with Gasteiger partial charge >= 0.3 is 5.69 Å². The number of amides is 1. The van der Waals surface area contributed by atoms with E-state index in [2.05, 4.69) is 15.5 Å². The van der Waals surface area contributed by atoms with E-state index >= 15 is 0 Å². The first kappa shape index (κ1) is 21.4. The van der Waals surface area contributed by atoms with Crippen molar-refractivity contribution < 1.29 is 9.90 Å². The van der Waals surface area contributed by atoms with E-state index in [0.29, 0.717) is 5.02 Å². The van der Waals surface area contributed by atoms with E-state index in [0.717, 1.165) is 4.57 Å². The summed E-state index contributed by atoms with van der Waals surface area (Å²) in [5.41, 5.74) is 0.956. The molecule has 3 N–H and O–H groups in total. The van der Waals surface area contributed by atoms with Gasteiger partial charge in [0, 0.05) is 5.02 Å². The molecule has 0 spiro atoms. The number of hydrogen-bond acceptors (Lipinski definition) is 5. The average Bonchev–Trinajstić information content (AvgIpc) is 2.71. The van der Waals surface area contributed by atoms with Gasteiger partial charge in [-0.3, -0.25) is 14.6 Å². The van der Waals surface area contributed by atoms with Crippen LogP contribution in [0.2, 0.25) is 10.0 Å². The van der Waals surface area contributed by atoms with Gasteiger partial charge in [0.05, 0.1) is 22.0 Å². The first-order valence-corrected chi connectivity index (χ1v) is 9.55. The standard InChI is InChI=1S/C20H16Cl2N4O4/c1-2-15(24-25-17(27)13-5-3-4-6-14(13)22)16-18(28)23-20(30)26(19(16)29)12-9-7-11(21)8-10-12/h3-10,29H,2H2,1H3,(H,25,27)(H,23,28,30)/b24-15-. The van der Waals surface area contributed by atoms with Gasteiger partial charge in [0.1, 0.15) is 5.56 Å². The quantitative estimate of drug-likeness (QED) is 0.412. The molecule has 1 heterocycles. The monoisotopic (exact) mass is 446 g/mol. The molecular formula is C20H16Cl2N4O4. The molecule has 0 radical (unpaired) electrons. The summed E-state index contributed by atoms with van der Waals surface area (Å²) in [6.45, 7) is 1.68. The maximum absolute atomic E-state index is 12.4. The zero-order chi connectivity index (χ0) is 21.8. The number of aromatic nitrogens is 2. The number of benzene rings is 2. The minimum atomic E-state index is -0.838. The van der Waals surface area contributed by atoms with Crippen molar-refractivity contribution in [3.63, 3.8) is 0 Å². The minimum Gasteiger partial charge on any atom is -0.493 e. The molecule has 3 rings (SSSR count). The van der Waals surface area contributed by atoms with Gasteiger partial charge in [0.2, 0.25) is 5.88 Å². The fourth-order valence-corrected chi connectivity index (χ4v) is 3.10. The molecule has 0 bridgehead atoms. The molecule has 30 heavy (non-hydrogen) atoms. The van der Waals surface area contributed by atoms with E-state index in [4.69, 9.17) is 23.2 Å². The Morgan fingerprint density at radius 1 is 1.13 bits per heavy atom. The van der Waals surface area contributed by atoms with Crippen LogP contribution in [-0.2, 0) is 0 Å². The van der Waals surface area contributed by atoms with Gasteiger partial charge in [0.15, 0.2) is 0 Å². The van der Waals surface area contributed by atoms with Gasteiger partial charge in [-0.15, -0.1) is 0 Å². The molecule has 0 atom stereocenters. The van der Waals surface area contributed by atoms with Gasteiger partial charge in [-0.05, 0) is 42.8 Å². The number of halogens is 2. The molecule has 0 saturated heterocycles. The molecule has 1 amide bonds. The van der Waals surface area contributed by atoms with E-state index < -0.39 is 23.0 Å². The maximum atomic E-state index is 12.4. The van der Waals surface area contributed by atoms with Crippen molar-refractivity contribution in [2.24, 2.45) is 5.10 Å². The van der Waals surface area contributed by atoms with Crippen molar-refractivity contribution in [1.29, 1.82) is 0 Å². The van der Waals surface area contributed by atoms with E-state index in [1.807, 2.05) is 0 Å². The summed E-state index contributed by atoms with van der Waals surface area (Å²) in [4.78, 5) is 39.2. The normalized spacial score (nSPS) is 11.4. The fourth-order valence-electron chi connectivity index (χ4n) is 2.75. The molecule has 3 aromatic rings. The number of nitrogens with zero attached hydrogens (tertiary/aromatic N) is 2. The van der Waals surface area contributed by atoms with Crippen molar-refractivity contribution in [3.8, 4) is 11.6 Å². The molecule has 0 saturated carbocycles. The highest BCUT2D eigenvalue weighted by Crippen LogP contribution is 2.20. The average molecular weight is 447 g/mol. The van der Waals surface area contributed by atoms with Crippen molar-refractivity contribution in [2.75, 3.05) is 0 Å². The van der Waals surface area contributed by atoms with Crippen LogP contribution >= 0.6 is 23.2 Å². The lowest BCUT2D eigenvalue weighted by Crippen LogP contribution is -2.34. The number of aromatic amines is 1. The second-order valence-electron chi connectivity index (χ2n) is 6.10. The number of carbonyl (C=O) groups is 1. The number of nitrogens with one attached hydrogen (secondary N) is 2. The molecular weight excluding hydrogens is 431 g/mol. The highest BCUT2D eigenvalue weighted by Gasteiger charge is 2.20. The molecule has 0 aliphatic heterocycles. The maximum Gasteiger partial charge on any atom is 0.335 e. The molecule has 154 valence electrons. The molecule has 2 aromatic carbocycles. The summed E-state index contributed by atoms with van der Waals surface area (Å²) in [6.07, 6.45) is 0.179. The van der Waals surface area contributed by atoms with Crippen molar-refractivity contribution in [3.05, 3.63) is 90.5 Å². The third-order valence-corrected chi connectivity index (χ3v) is 4.79. The van der Waals surface area contributed by atoms with Gasteiger partial charge in [-0.25, -0.2) is 14.8 Å². The third-order valence-electron chi connectivity index (χ3n) is 4.21. The number of hydrazone groups is 1. The fraction of sp³-hybridized carbons (Fsp3) is 0.100. The molecule has 0 aliphatic carbocycles. The highest BCUT2D eigenvalue weighted by atomic mass is 35.5. The highest BCUT2D eigenvalue weighted by molar-refractivity contribution is 6.33. The van der Waals surface area contributed by atoms with Crippen molar-refractivity contribution >= 4 is 34.8 Å². The van der Waals surface area contributed by atoms with Crippen LogP contribution in [0.4, 0.5) is 0 Å². The predicted molar refractivity (Wildman–Crippen MR) is 115 cm³/mol. The molecule has 1 aromatic heterocycles. The Hall–Kier alpha value is -3.36. The van der Waals surface area contributed by atoms with E-state index in [9.17, 15) is 19.5 Å². The van der Waals surface area contributed by atoms with Crippen LogP contribution in [0, 0.1) is 0 Å². The molecule has 10 heteroatoms. The lowest BCUT2D eigenvalue weighted by molar-refractivity contribution is 0.0955. The summed E-state index contributed by atoms with van der Waals surface area (Å²) in [7, 11) is 0. The Balaban J connectivity index is 2.05. The van der Waals surface area contributed by atoms with Gasteiger partial charge in [-0.2, -0.15) is 5.10 Å². The Morgan fingerprint density at radius 2 is 1.80 bits per heavy atom. The van der Waals surface area contributed by atoms with Gasteiger partial charge in [-0.1, -0.05) is 42.3 Å². The van der Waals surface area contributed by atoms with Crippen LogP contribution in [0.3, 0.4) is 0 Å². The number of aromatic hydroxyl groups is 1. The molecule has 8 nitrogen and oxygen atoms in total. The van der Waals surface area contributed by atoms with Crippen LogP contribution in [0.25, 0.3) is 5.69 Å². The topological polar surface area (TPSA) is 117 Å². The van der Waals surface area contributed by atoms with Crippen LogP contribution in [0.5, 0.6) is 5.88 Å². The third kappa shape index (κ3) is 4.29. The summed E-state index contributed by atoms with van der Waals surface area (Å²) < 4.78 is 0.911. The number of hydrogen-bond donors (Lipinski definition) is 3. The summed E-state index contributed by atoms with van der Waals surface area (Å²) >= 11 is 11.9. The Morgan fingerprint density at radius 3 is 2.43 bits per heavy atom. The summed E-state index contributed by atoms with van der Waals surface area (Å²) in [5.74, 6) is -1.20. The van der Waals surface area contributed by atoms with Crippen LogP contribution in [-0.4, -0.2) is 26.3 Å². The van der Waals surface area contributed by atoms with E-state index in [-0.39, 0.29) is 34.0 Å². The summed E-state index contributed by atoms with van der Waals surface area (Å²) in [5, 5.41) is 15.3. The summed E-state index contributed by atoms with van der Waals surface area (Å²) in [6, 6.07) is 12.5. The smallest absolute Gasteiger partial charge is 0.335 e. The van der Waals surface area contributed by atoms with Crippen LogP contribution < -0.4 is 16.7 Å². The van der Waals surface area contributed by atoms with Gasteiger partial charge < -0.3 is 5.11 Å². The lowest BCUT2D eigenvalue weighted by atomic mass is 10.1. The largest absolute Gasteiger partial charge is 0.493 e.